The van der Waals surface area contributed by atoms with Crippen LogP contribution in [0.1, 0.15) is 68.8 Å². The third-order valence-corrected chi connectivity index (χ3v) is 8.44. The van der Waals surface area contributed by atoms with E-state index in [9.17, 15) is 19.6 Å². The molecular weight excluding hydrogens is 551 g/mol. The second-order valence-corrected chi connectivity index (χ2v) is 12.7. The van der Waals surface area contributed by atoms with Gasteiger partial charge in [-0.2, -0.15) is 5.26 Å². The Kier molecular flexibility index (Phi) is 9.02. The van der Waals surface area contributed by atoms with Crippen molar-refractivity contribution in [1.82, 2.24) is 15.5 Å². The number of benzene rings is 2. The summed E-state index contributed by atoms with van der Waals surface area (Å²) >= 11 is 0. The summed E-state index contributed by atoms with van der Waals surface area (Å²) in [6.45, 7) is 6.62. The molecule has 3 amide bonds. The molecule has 2 N–H and O–H groups in total. The van der Waals surface area contributed by atoms with Crippen LogP contribution >= 0.6 is 0 Å². The Hall–Kier alpha value is -3.97. The molecule has 2 heterocycles. The lowest BCUT2D eigenvalue weighted by Crippen LogP contribution is -2.55. The minimum Gasteiger partial charge on any atom is -0.444 e. The van der Waals surface area contributed by atoms with Gasteiger partial charge in [-0.25, -0.2) is 9.18 Å². The molecule has 9 nitrogen and oxygen atoms in total. The largest absolute Gasteiger partial charge is 0.444 e. The molecule has 2 aromatic carbocycles. The Morgan fingerprint density at radius 1 is 1.07 bits per heavy atom. The number of nitrogens with zero attached hydrogens (tertiary/aromatic N) is 2. The number of halogens is 1. The Morgan fingerprint density at radius 3 is 2.42 bits per heavy atom. The summed E-state index contributed by atoms with van der Waals surface area (Å²) in [6.07, 6.45) is 3.41. The van der Waals surface area contributed by atoms with Crippen LogP contribution in [0, 0.1) is 23.1 Å². The fourth-order valence-corrected chi connectivity index (χ4v) is 6.33. The van der Waals surface area contributed by atoms with Crippen molar-refractivity contribution < 1.29 is 28.2 Å². The molecule has 1 saturated carbocycles. The molecule has 3 fully saturated rings. The molecule has 3 aliphatic rings. The topological polar surface area (TPSA) is 121 Å². The molecule has 0 radical (unpaired) electrons. The van der Waals surface area contributed by atoms with E-state index in [1.54, 1.807) is 57.2 Å². The first kappa shape index (κ1) is 30.5. The Bertz CT molecular complexity index is 1390. The standard InChI is InChI=1S/C33H39FN4O5/c1-33(2,3)43-32(41)38-27-11-10-24(17-27)29(38)31(40)37-26(19-35)16-23-9-8-22(18-28(23)34)20-4-6-21(7-5-20)30(39)36-25-12-14-42-15-13-25/h4-9,18,24-27,29H,10-17H2,1-3H3,(H,36,39)(H,37,40). The van der Waals surface area contributed by atoms with E-state index in [1.807, 2.05) is 0 Å². The van der Waals surface area contributed by atoms with Crippen LogP contribution in [-0.4, -0.2) is 65.8 Å². The molecule has 2 aromatic rings. The monoisotopic (exact) mass is 590 g/mol. The number of fused-ring (bicyclic) bond motifs is 2. The molecule has 1 aliphatic carbocycles. The lowest BCUT2D eigenvalue weighted by molar-refractivity contribution is -0.128. The van der Waals surface area contributed by atoms with Crippen molar-refractivity contribution in [3.63, 3.8) is 0 Å². The fraction of sp³-hybridized carbons (Fsp3) is 0.515. The predicted octanol–water partition coefficient (Wildman–Crippen LogP) is 4.74. The molecule has 4 atom stereocenters. The van der Waals surface area contributed by atoms with Crippen molar-refractivity contribution in [2.75, 3.05) is 13.2 Å². The number of hydrogen-bond acceptors (Lipinski definition) is 6. The summed E-state index contributed by atoms with van der Waals surface area (Å²) in [7, 11) is 0. The number of ether oxygens (including phenoxy) is 2. The van der Waals surface area contributed by atoms with Crippen molar-refractivity contribution in [2.24, 2.45) is 5.92 Å². The maximum absolute atomic E-state index is 15.2. The number of carbonyl (C=O) groups excluding carboxylic acids is 3. The number of hydrogen-bond donors (Lipinski definition) is 2. The van der Waals surface area contributed by atoms with Gasteiger partial charge in [0.05, 0.1) is 6.07 Å². The van der Waals surface area contributed by atoms with Gasteiger partial charge in [0.2, 0.25) is 5.91 Å². The van der Waals surface area contributed by atoms with Crippen LogP contribution in [0.25, 0.3) is 11.1 Å². The Balaban J connectivity index is 1.21. The maximum Gasteiger partial charge on any atom is 0.411 e. The van der Waals surface area contributed by atoms with Crippen LogP contribution in [-0.2, 0) is 20.7 Å². The normalized spacial score (nSPS) is 22.5. The van der Waals surface area contributed by atoms with Gasteiger partial charge in [0.1, 0.15) is 23.5 Å². The van der Waals surface area contributed by atoms with E-state index in [2.05, 4.69) is 16.7 Å². The van der Waals surface area contributed by atoms with Gasteiger partial charge in [-0.05, 0) is 93.7 Å². The summed E-state index contributed by atoms with van der Waals surface area (Å²) in [5.41, 5.74) is 1.50. The second kappa shape index (κ2) is 12.7. The average Bonchev–Trinajstić information content (AvgIpc) is 3.60. The quantitative estimate of drug-likeness (QED) is 0.481. The summed E-state index contributed by atoms with van der Waals surface area (Å²) in [5, 5.41) is 15.6. The minimum absolute atomic E-state index is 0.00667. The summed E-state index contributed by atoms with van der Waals surface area (Å²) in [6, 6.07) is 12.2. The number of nitrogens with one attached hydrogen (secondary N) is 2. The highest BCUT2D eigenvalue weighted by atomic mass is 19.1. The molecule has 2 saturated heterocycles. The van der Waals surface area contributed by atoms with Gasteiger partial charge >= 0.3 is 6.09 Å². The molecular formula is C33H39FN4O5. The third kappa shape index (κ3) is 7.16. The molecule has 2 aliphatic heterocycles. The summed E-state index contributed by atoms with van der Waals surface area (Å²) < 4.78 is 26.1. The highest BCUT2D eigenvalue weighted by Crippen LogP contribution is 2.43. The molecule has 10 heteroatoms. The smallest absolute Gasteiger partial charge is 0.411 e. The number of piperidine rings is 1. The van der Waals surface area contributed by atoms with Gasteiger partial charge in [0.25, 0.3) is 5.91 Å². The molecule has 4 unspecified atom stereocenters. The zero-order chi connectivity index (χ0) is 30.7. The number of likely N-dealkylation sites (tertiary alicyclic amines) is 1. The lowest BCUT2D eigenvalue weighted by Gasteiger charge is -2.35. The van der Waals surface area contributed by atoms with Crippen molar-refractivity contribution in [3.05, 3.63) is 59.4 Å². The molecule has 5 rings (SSSR count). The average molecular weight is 591 g/mol. The SMILES string of the molecule is CC(C)(C)OC(=O)N1C2CCC(C2)C1C(=O)NC(C#N)Cc1ccc(-c2ccc(C(=O)NC3CCOCC3)cc2)cc1F. The highest BCUT2D eigenvalue weighted by molar-refractivity contribution is 5.95. The summed E-state index contributed by atoms with van der Waals surface area (Å²) in [4.78, 5) is 40.4. The van der Waals surface area contributed by atoms with Crippen LogP contribution in [0.2, 0.25) is 0 Å². The first-order valence-electron chi connectivity index (χ1n) is 15.0. The van der Waals surface area contributed by atoms with Gasteiger partial charge in [-0.1, -0.05) is 24.3 Å². The van der Waals surface area contributed by atoms with Crippen molar-refractivity contribution >= 4 is 17.9 Å². The Morgan fingerprint density at radius 2 is 1.77 bits per heavy atom. The highest BCUT2D eigenvalue weighted by Gasteiger charge is 2.52. The van der Waals surface area contributed by atoms with Crippen molar-refractivity contribution in [2.45, 2.75) is 89.1 Å². The Labute approximate surface area is 251 Å². The van der Waals surface area contributed by atoms with Crippen LogP contribution in [0.15, 0.2) is 42.5 Å². The maximum atomic E-state index is 15.2. The van der Waals surface area contributed by atoms with Gasteiger partial charge in [-0.3, -0.25) is 14.5 Å². The predicted molar refractivity (Wildman–Crippen MR) is 157 cm³/mol. The van der Waals surface area contributed by atoms with Gasteiger partial charge in [0, 0.05) is 37.3 Å². The van der Waals surface area contributed by atoms with E-state index >= 15 is 4.39 Å². The lowest BCUT2D eigenvalue weighted by atomic mass is 9.96. The van der Waals surface area contributed by atoms with E-state index in [-0.39, 0.29) is 30.3 Å². The van der Waals surface area contributed by atoms with Gasteiger partial charge < -0.3 is 20.1 Å². The summed E-state index contributed by atoms with van der Waals surface area (Å²) in [5.74, 6) is -1.05. The van der Waals surface area contributed by atoms with E-state index in [0.717, 1.165) is 37.7 Å². The molecule has 228 valence electrons. The van der Waals surface area contributed by atoms with Crippen LogP contribution in [0.3, 0.4) is 0 Å². The van der Waals surface area contributed by atoms with E-state index < -0.39 is 35.5 Å². The number of nitriles is 1. The number of amides is 3. The zero-order valence-corrected chi connectivity index (χ0v) is 24.9. The van der Waals surface area contributed by atoms with Gasteiger partial charge in [-0.15, -0.1) is 0 Å². The second-order valence-electron chi connectivity index (χ2n) is 12.7. The van der Waals surface area contributed by atoms with E-state index in [1.165, 1.54) is 11.0 Å². The molecule has 43 heavy (non-hydrogen) atoms. The molecule has 0 aromatic heterocycles. The van der Waals surface area contributed by atoms with Crippen LogP contribution < -0.4 is 10.6 Å². The van der Waals surface area contributed by atoms with Crippen molar-refractivity contribution in [3.8, 4) is 17.2 Å². The molecule has 0 spiro atoms. The van der Waals surface area contributed by atoms with E-state index in [0.29, 0.717) is 29.9 Å². The van der Waals surface area contributed by atoms with Crippen LogP contribution in [0.4, 0.5) is 9.18 Å². The van der Waals surface area contributed by atoms with Crippen molar-refractivity contribution in [1.29, 1.82) is 5.26 Å². The molecule has 2 bridgehead atoms. The number of carbonyl (C=O) groups is 3. The first-order chi connectivity index (χ1) is 20.5. The van der Waals surface area contributed by atoms with Gasteiger partial charge in [0.15, 0.2) is 0 Å². The fourth-order valence-electron chi connectivity index (χ4n) is 6.33. The first-order valence-corrected chi connectivity index (χ1v) is 15.0. The number of rotatable bonds is 7. The van der Waals surface area contributed by atoms with E-state index in [4.69, 9.17) is 9.47 Å². The zero-order valence-electron chi connectivity index (χ0n) is 24.9. The van der Waals surface area contributed by atoms with Crippen LogP contribution in [0.5, 0.6) is 0 Å². The minimum atomic E-state index is -0.971. The third-order valence-electron chi connectivity index (χ3n) is 8.44.